The van der Waals surface area contributed by atoms with E-state index in [1.165, 1.54) is 0 Å². The summed E-state index contributed by atoms with van der Waals surface area (Å²) in [5, 5.41) is 0. The second-order valence-corrected chi connectivity index (χ2v) is 5.18. The minimum Gasteiger partial charge on any atom is -0.461 e. The van der Waals surface area contributed by atoms with Crippen molar-refractivity contribution in [1.82, 2.24) is 4.90 Å². The van der Waals surface area contributed by atoms with E-state index in [1.54, 1.807) is 24.3 Å². The van der Waals surface area contributed by atoms with Gasteiger partial charge in [-0.05, 0) is 52.0 Å². The van der Waals surface area contributed by atoms with Gasteiger partial charge in [-0.25, -0.2) is 4.79 Å². The molecule has 0 spiro atoms. The van der Waals surface area contributed by atoms with Gasteiger partial charge >= 0.3 is 5.97 Å². The number of esters is 1. The molecule has 0 radical (unpaired) electrons. The zero-order valence-electron chi connectivity index (χ0n) is 12.2. The van der Waals surface area contributed by atoms with Crippen molar-refractivity contribution in [1.29, 1.82) is 0 Å². The van der Waals surface area contributed by atoms with Crippen LogP contribution in [0.4, 0.5) is 5.69 Å². The van der Waals surface area contributed by atoms with E-state index in [0.717, 1.165) is 6.54 Å². The summed E-state index contributed by atoms with van der Waals surface area (Å²) in [7, 11) is 0. The molecule has 0 aromatic heterocycles. The fraction of sp³-hybridized carbons (Fsp3) is 0.533. The molecule has 0 fully saturated rings. The van der Waals surface area contributed by atoms with Crippen LogP contribution in [0.25, 0.3) is 0 Å². The molecule has 0 amide bonds. The van der Waals surface area contributed by atoms with E-state index in [9.17, 15) is 4.79 Å². The fourth-order valence-corrected chi connectivity index (χ4v) is 2.06. The molecule has 0 unspecified atom stereocenters. The third-order valence-electron chi connectivity index (χ3n) is 3.06. The van der Waals surface area contributed by atoms with Crippen LogP contribution in [-0.4, -0.2) is 36.1 Å². The summed E-state index contributed by atoms with van der Waals surface area (Å²) in [6, 6.07) is 7.64. The molecule has 0 heterocycles. The molecule has 0 aliphatic carbocycles. The van der Waals surface area contributed by atoms with Crippen LogP contribution in [0.2, 0.25) is 0 Å². The molecular formula is C15H24N2O2. The lowest BCUT2D eigenvalue weighted by Gasteiger charge is -2.30. The number of anilines is 1. The van der Waals surface area contributed by atoms with E-state index in [-0.39, 0.29) is 5.97 Å². The third kappa shape index (κ3) is 4.91. The maximum Gasteiger partial charge on any atom is 0.338 e. The highest BCUT2D eigenvalue weighted by Gasteiger charge is 2.14. The number of carbonyl (C=O) groups is 1. The molecule has 4 nitrogen and oxygen atoms in total. The second-order valence-electron chi connectivity index (χ2n) is 5.18. The van der Waals surface area contributed by atoms with Crippen LogP contribution >= 0.6 is 0 Å². The van der Waals surface area contributed by atoms with Gasteiger partial charge in [0, 0.05) is 24.3 Å². The highest BCUT2D eigenvalue weighted by atomic mass is 16.5. The first kappa shape index (κ1) is 15.5. The Bertz CT molecular complexity index is 391. The van der Waals surface area contributed by atoms with Gasteiger partial charge in [-0.2, -0.15) is 0 Å². The lowest BCUT2D eigenvalue weighted by atomic mass is 10.2. The van der Waals surface area contributed by atoms with Crippen LogP contribution in [0, 0.1) is 0 Å². The maximum absolute atomic E-state index is 11.8. The van der Waals surface area contributed by atoms with E-state index in [0.29, 0.717) is 29.9 Å². The number of nitrogen functional groups attached to an aromatic ring is 1. The average molecular weight is 264 g/mol. The molecule has 1 rings (SSSR count). The first-order chi connectivity index (χ1) is 8.91. The fourth-order valence-electron chi connectivity index (χ4n) is 2.06. The topological polar surface area (TPSA) is 55.6 Å². The van der Waals surface area contributed by atoms with Crippen LogP contribution in [-0.2, 0) is 4.74 Å². The van der Waals surface area contributed by atoms with E-state index >= 15 is 0 Å². The van der Waals surface area contributed by atoms with Gasteiger partial charge < -0.3 is 10.5 Å². The van der Waals surface area contributed by atoms with Crippen LogP contribution in [0.3, 0.4) is 0 Å². The number of hydrogen-bond donors (Lipinski definition) is 1. The lowest BCUT2D eigenvalue weighted by Crippen LogP contribution is -2.39. The van der Waals surface area contributed by atoms with Gasteiger partial charge in [-0.3, -0.25) is 4.90 Å². The Morgan fingerprint density at radius 1 is 1.16 bits per heavy atom. The smallest absolute Gasteiger partial charge is 0.338 e. The van der Waals surface area contributed by atoms with Crippen molar-refractivity contribution in [2.75, 3.05) is 18.9 Å². The Balaban J connectivity index is 2.44. The quantitative estimate of drug-likeness (QED) is 0.633. The first-order valence-corrected chi connectivity index (χ1v) is 6.70. The van der Waals surface area contributed by atoms with E-state index in [4.69, 9.17) is 10.5 Å². The second kappa shape index (κ2) is 7.14. The first-order valence-electron chi connectivity index (χ1n) is 6.70. The van der Waals surface area contributed by atoms with E-state index in [2.05, 4.69) is 32.6 Å². The summed E-state index contributed by atoms with van der Waals surface area (Å²) in [6.45, 7) is 9.71. The Morgan fingerprint density at radius 3 is 2.16 bits per heavy atom. The molecule has 2 N–H and O–H groups in total. The molecule has 0 saturated carbocycles. The molecular weight excluding hydrogens is 240 g/mol. The minimum absolute atomic E-state index is 0.299. The molecule has 106 valence electrons. The number of nitrogens with two attached hydrogens (primary N) is 1. The molecule has 0 aliphatic rings. The summed E-state index contributed by atoms with van der Waals surface area (Å²) >= 11 is 0. The summed E-state index contributed by atoms with van der Waals surface area (Å²) in [5.41, 5.74) is 6.75. The standard InChI is InChI=1S/C15H24N2O2/c1-11(2)17(12(3)4)9-10-19-15(18)13-5-7-14(16)8-6-13/h5-8,11-12H,9-10,16H2,1-4H3. The largest absolute Gasteiger partial charge is 0.461 e. The maximum atomic E-state index is 11.8. The molecule has 0 saturated heterocycles. The third-order valence-corrected chi connectivity index (χ3v) is 3.06. The average Bonchev–Trinajstić information content (AvgIpc) is 2.34. The monoisotopic (exact) mass is 264 g/mol. The number of nitrogens with zero attached hydrogens (tertiary/aromatic N) is 1. The Labute approximate surface area is 115 Å². The van der Waals surface area contributed by atoms with Gasteiger partial charge in [0.1, 0.15) is 6.61 Å². The van der Waals surface area contributed by atoms with Crippen molar-refractivity contribution in [2.24, 2.45) is 0 Å². The SMILES string of the molecule is CC(C)N(CCOC(=O)c1ccc(N)cc1)C(C)C. The molecule has 0 atom stereocenters. The van der Waals surface area contributed by atoms with Crippen molar-refractivity contribution in [3.63, 3.8) is 0 Å². The Morgan fingerprint density at radius 2 is 1.68 bits per heavy atom. The van der Waals surface area contributed by atoms with Crippen molar-refractivity contribution in [3.8, 4) is 0 Å². The summed E-state index contributed by atoms with van der Waals surface area (Å²) in [6.07, 6.45) is 0. The highest BCUT2D eigenvalue weighted by Crippen LogP contribution is 2.08. The number of benzene rings is 1. The Kier molecular flexibility index (Phi) is 5.83. The van der Waals surface area contributed by atoms with Crippen molar-refractivity contribution >= 4 is 11.7 Å². The van der Waals surface area contributed by atoms with Crippen molar-refractivity contribution in [3.05, 3.63) is 29.8 Å². The predicted molar refractivity (Wildman–Crippen MR) is 78.1 cm³/mol. The number of hydrogen-bond acceptors (Lipinski definition) is 4. The predicted octanol–water partition coefficient (Wildman–Crippen LogP) is 2.54. The zero-order chi connectivity index (χ0) is 14.4. The van der Waals surface area contributed by atoms with E-state index in [1.807, 2.05) is 0 Å². The highest BCUT2D eigenvalue weighted by molar-refractivity contribution is 5.89. The van der Waals surface area contributed by atoms with Crippen LogP contribution in [0.1, 0.15) is 38.1 Å². The van der Waals surface area contributed by atoms with Gasteiger partial charge in [0.25, 0.3) is 0 Å². The van der Waals surface area contributed by atoms with E-state index < -0.39 is 0 Å². The van der Waals surface area contributed by atoms with Crippen LogP contribution in [0.15, 0.2) is 24.3 Å². The summed E-state index contributed by atoms with van der Waals surface area (Å²) < 4.78 is 5.28. The minimum atomic E-state index is -0.299. The summed E-state index contributed by atoms with van der Waals surface area (Å²) in [5.74, 6) is -0.299. The molecule has 4 heteroatoms. The Hall–Kier alpha value is -1.55. The summed E-state index contributed by atoms with van der Waals surface area (Å²) in [4.78, 5) is 14.1. The van der Waals surface area contributed by atoms with Crippen molar-refractivity contribution < 1.29 is 9.53 Å². The van der Waals surface area contributed by atoms with Crippen molar-refractivity contribution in [2.45, 2.75) is 39.8 Å². The molecule has 0 bridgehead atoms. The van der Waals surface area contributed by atoms with Crippen LogP contribution < -0.4 is 5.73 Å². The van der Waals surface area contributed by atoms with Gasteiger partial charge in [-0.15, -0.1) is 0 Å². The number of rotatable bonds is 6. The molecule has 0 aliphatic heterocycles. The van der Waals surface area contributed by atoms with Crippen LogP contribution in [0.5, 0.6) is 0 Å². The number of carbonyl (C=O) groups excluding carboxylic acids is 1. The van der Waals surface area contributed by atoms with Gasteiger partial charge in [-0.1, -0.05) is 0 Å². The normalized spacial score (nSPS) is 11.3. The van der Waals surface area contributed by atoms with Gasteiger partial charge in [0.2, 0.25) is 0 Å². The zero-order valence-corrected chi connectivity index (χ0v) is 12.2. The van der Waals surface area contributed by atoms with Gasteiger partial charge in [0.15, 0.2) is 0 Å². The molecule has 1 aromatic carbocycles. The lowest BCUT2D eigenvalue weighted by molar-refractivity contribution is 0.0417. The number of ether oxygens (including phenoxy) is 1. The molecule has 1 aromatic rings. The van der Waals surface area contributed by atoms with Gasteiger partial charge in [0.05, 0.1) is 5.56 Å². The molecule has 19 heavy (non-hydrogen) atoms.